The number of carbonyl (C=O) groups excluding carboxylic acids is 2. The van der Waals surface area contributed by atoms with Gasteiger partial charge in [-0.15, -0.1) is 6.58 Å². The van der Waals surface area contributed by atoms with Gasteiger partial charge in [-0.3, -0.25) is 4.79 Å². The van der Waals surface area contributed by atoms with E-state index in [4.69, 9.17) is 0 Å². The van der Waals surface area contributed by atoms with Crippen molar-refractivity contribution < 1.29 is 9.59 Å². The summed E-state index contributed by atoms with van der Waals surface area (Å²) in [5.74, 6) is -0.161. The Labute approximate surface area is 144 Å². The Balaban J connectivity index is 2.38. The van der Waals surface area contributed by atoms with Gasteiger partial charge in [-0.1, -0.05) is 38.7 Å². The normalized spacial score (nSPS) is 11.4. The van der Waals surface area contributed by atoms with E-state index in [0.29, 0.717) is 17.8 Å². The Morgan fingerprint density at radius 1 is 1.17 bits per heavy atom. The minimum Gasteiger partial charge on any atom is -0.349 e. The highest BCUT2D eigenvalue weighted by Gasteiger charge is 2.08. The van der Waals surface area contributed by atoms with Crippen LogP contribution in [0.5, 0.6) is 0 Å². The van der Waals surface area contributed by atoms with Crippen LogP contribution in [0.3, 0.4) is 0 Å². The van der Waals surface area contributed by atoms with Crippen LogP contribution in [0.1, 0.15) is 56.3 Å². The summed E-state index contributed by atoms with van der Waals surface area (Å²) in [4.78, 5) is 23.7. The van der Waals surface area contributed by atoms with Crippen molar-refractivity contribution in [2.45, 2.75) is 52.0 Å². The molecule has 3 N–H and O–H groups in total. The van der Waals surface area contributed by atoms with Gasteiger partial charge in [0, 0.05) is 23.8 Å². The Kier molecular flexibility index (Phi) is 9.27. The number of hydrogen-bond acceptors (Lipinski definition) is 2. The molecule has 0 bridgehead atoms. The highest BCUT2D eigenvalue weighted by molar-refractivity contribution is 5.95. The molecule has 0 aliphatic heterocycles. The Morgan fingerprint density at radius 3 is 2.50 bits per heavy atom. The van der Waals surface area contributed by atoms with Crippen molar-refractivity contribution >= 4 is 17.6 Å². The third-order valence-electron chi connectivity index (χ3n) is 3.68. The van der Waals surface area contributed by atoms with E-state index in [1.807, 2.05) is 6.92 Å². The van der Waals surface area contributed by atoms with Gasteiger partial charge < -0.3 is 16.0 Å². The highest BCUT2D eigenvalue weighted by atomic mass is 16.2. The van der Waals surface area contributed by atoms with Crippen LogP contribution in [-0.2, 0) is 0 Å². The number of benzene rings is 1. The quantitative estimate of drug-likeness (QED) is 0.446. The molecule has 0 aromatic heterocycles. The zero-order valence-corrected chi connectivity index (χ0v) is 14.7. The van der Waals surface area contributed by atoms with Crippen LogP contribution in [0.15, 0.2) is 36.9 Å². The van der Waals surface area contributed by atoms with Gasteiger partial charge in [-0.2, -0.15) is 0 Å². The van der Waals surface area contributed by atoms with E-state index < -0.39 is 0 Å². The number of amides is 3. The van der Waals surface area contributed by atoms with Crippen molar-refractivity contribution in [3.05, 3.63) is 42.5 Å². The number of nitrogens with one attached hydrogen (secondary N) is 3. The second-order valence-corrected chi connectivity index (χ2v) is 5.92. The van der Waals surface area contributed by atoms with Crippen LogP contribution < -0.4 is 16.0 Å². The van der Waals surface area contributed by atoms with Crippen LogP contribution in [-0.4, -0.2) is 24.5 Å². The lowest BCUT2D eigenvalue weighted by Crippen LogP contribution is -2.36. The summed E-state index contributed by atoms with van der Waals surface area (Å²) in [6, 6.07) is 6.72. The molecule has 0 saturated carbocycles. The lowest BCUT2D eigenvalue weighted by molar-refractivity contribution is 0.0958. The van der Waals surface area contributed by atoms with Gasteiger partial charge in [-0.25, -0.2) is 4.79 Å². The fraction of sp³-hybridized carbons (Fsp3) is 0.474. The molecule has 0 heterocycles. The molecule has 0 fully saturated rings. The predicted molar refractivity (Wildman–Crippen MR) is 99.3 cm³/mol. The monoisotopic (exact) mass is 331 g/mol. The molecule has 132 valence electrons. The van der Waals surface area contributed by atoms with Gasteiger partial charge in [0.05, 0.1) is 0 Å². The minimum absolute atomic E-state index is 0.144. The minimum atomic E-state index is -0.221. The number of anilines is 1. The molecule has 24 heavy (non-hydrogen) atoms. The van der Waals surface area contributed by atoms with Crippen molar-refractivity contribution in [3.63, 3.8) is 0 Å². The molecule has 5 nitrogen and oxygen atoms in total. The van der Waals surface area contributed by atoms with Gasteiger partial charge >= 0.3 is 6.03 Å². The summed E-state index contributed by atoms with van der Waals surface area (Å²) in [6.07, 6.45) is 7.40. The van der Waals surface area contributed by atoms with E-state index in [9.17, 15) is 9.59 Å². The lowest BCUT2D eigenvalue weighted by atomic mass is 10.1. The molecule has 1 atom stereocenters. The summed E-state index contributed by atoms with van der Waals surface area (Å²) in [5, 5.41) is 8.42. The van der Waals surface area contributed by atoms with Crippen molar-refractivity contribution in [1.29, 1.82) is 0 Å². The molecular weight excluding hydrogens is 302 g/mol. The van der Waals surface area contributed by atoms with E-state index in [1.165, 1.54) is 19.3 Å². The average molecular weight is 331 g/mol. The molecule has 0 aliphatic carbocycles. The maximum atomic E-state index is 12.0. The molecule has 3 amide bonds. The summed E-state index contributed by atoms with van der Waals surface area (Å²) in [7, 11) is 0. The lowest BCUT2D eigenvalue weighted by Gasteiger charge is -2.14. The molecule has 5 heteroatoms. The molecule has 1 unspecified atom stereocenters. The fourth-order valence-electron chi connectivity index (χ4n) is 2.31. The molecule has 0 spiro atoms. The van der Waals surface area contributed by atoms with Crippen LogP contribution >= 0.6 is 0 Å². The first-order chi connectivity index (χ1) is 11.6. The van der Waals surface area contributed by atoms with Crippen LogP contribution in [0.2, 0.25) is 0 Å². The van der Waals surface area contributed by atoms with Gasteiger partial charge in [0.1, 0.15) is 0 Å². The molecule has 1 aromatic carbocycles. The zero-order chi connectivity index (χ0) is 17.8. The van der Waals surface area contributed by atoms with E-state index in [0.717, 1.165) is 12.8 Å². The fourth-order valence-corrected chi connectivity index (χ4v) is 2.31. The van der Waals surface area contributed by atoms with Gasteiger partial charge in [0.15, 0.2) is 0 Å². The van der Waals surface area contributed by atoms with E-state index in [-0.39, 0.29) is 18.0 Å². The van der Waals surface area contributed by atoms with Gasteiger partial charge in [0.25, 0.3) is 5.91 Å². The first kappa shape index (κ1) is 19.7. The van der Waals surface area contributed by atoms with E-state index in [2.05, 4.69) is 29.5 Å². The standard InChI is InChI=1S/C19H29N3O2/c1-4-6-7-8-9-15(3)21-19(24)22-17-12-10-16(11-13-17)18(23)20-14-5-2/h5,10-13,15H,2,4,6-9,14H2,1,3H3,(H,20,23)(H2,21,22,24). The van der Waals surface area contributed by atoms with Crippen molar-refractivity contribution in [2.24, 2.45) is 0 Å². The van der Waals surface area contributed by atoms with Crippen molar-refractivity contribution in [2.75, 3.05) is 11.9 Å². The maximum absolute atomic E-state index is 12.0. The topological polar surface area (TPSA) is 70.2 Å². The SMILES string of the molecule is C=CCNC(=O)c1ccc(NC(=O)NC(C)CCCCCC)cc1. The zero-order valence-electron chi connectivity index (χ0n) is 14.7. The van der Waals surface area contributed by atoms with Gasteiger partial charge in [0.2, 0.25) is 0 Å². The molecule has 1 rings (SSSR count). The Morgan fingerprint density at radius 2 is 1.88 bits per heavy atom. The number of rotatable bonds is 10. The smallest absolute Gasteiger partial charge is 0.319 e. The largest absolute Gasteiger partial charge is 0.349 e. The predicted octanol–water partition coefficient (Wildman–Crippen LogP) is 4.08. The highest BCUT2D eigenvalue weighted by Crippen LogP contribution is 2.10. The first-order valence-corrected chi connectivity index (χ1v) is 8.63. The molecule has 1 aromatic rings. The second kappa shape index (κ2) is 11.3. The summed E-state index contributed by atoms with van der Waals surface area (Å²) < 4.78 is 0. The van der Waals surface area contributed by atoms with Gasteiger partial charge in [-0.05, 0) is 37.6 Å². The summed E-state index contributed by atoms with van der Waals surface area (Å²) in [6.45, 7) is 8.18. The van der Waals surface area contributed by atoms with E-state index >= 15 is 0 Å². The Hall–Kier alpha value is -2.30. The van der Waals surface area contributed by atoms with Crippen LogP contribution in [0, 0.1) is 0 Å². The first-order valence-electron chi connectivity index (χ1n) is 8.63. The average Bonchev–Trinajstić information content (AvgIpc) is 2.57. The number of urea groups is 1. The second-order valence-electron chi connectivity index (χ2n) is 5.92. The maximum Gasteiger partial charge on any atom is 0.319 e. The molecular formula is C19H29N3O2. The molecule has 0 aliphatic rings. The third-order valence-corrected chi connectivity index (χ3v) is 3.68. The molecule has 0 radical (unpaired) electrons. The van der Waals surface area contributed by atoms with Crippen molar-refractivity contribution in [1.82, 2.24) is 10.6 Å². The third kappa shape index (κ3) is 7.81. The summed E-state index contributed by atoms with van der Waals surface area (Å²) in [5.41, 5.74) is 1.21. The number of carbonyl (C=O) groups is 2. The molecule has 0 saturated heterocycles. The van der Waals surface area contributed by atoms with E-state index in [1.54, 1.807) is 30.3 Å². The summed E-state index contributed by atoms with van der Waals surface area (Å²) >= 11 is 0. The number of unbranched alkanes of at least 4 members (excludes halogenated alkanes) is 3. The number of hydrogen-bond donors (Lipinski definition) is 3. The van der Waals surface area contributed by atoms with Crippen LogP contribution in [0.25, 0.3) is 0 Å². The van der Waals surface area contributed by atoms with Crippen molar-refractivity contribution in [3.8, 4) is 0 Å². The Bertz CT molecular complexity index is 526. The van der Waals surface area contributed by atoms with Crippen LogP contribution in [0.4, 0.5) is 10.5 Å².